The molecule has 0 N–H and O–H groups in total. The summed E-state index contributed by atoms with van der Waals surface area (Å²) in [4.78, 5) is 13.3. The van der Waals surface area contributed by atoms with Gasteiger partial charge in [0.05, 0.1) is 7.11 Å². The van der Waals surface area contributed by atoms with Crippen LogP contribution < -0.4 is 19.3 Å². The Bertz CT molecular complexity index is 863. The highest BCUT2D eigenvalue weighted by Gasteiger charge is 2.19. The van der Waals surface area contributed by atoms with Crippen molar-refractivity contribution in [2.75, 3.05) is 43.1 Å². The molecule has 2 aromatic carbocycles. The zero-order valence-corrected chi connectivity index (χ0v) is 15.3. The molecule has 6 nitrogen and oxygen atoms in total. The van der Waals surface area contributed by atoms with E-state index in [0.717, 1.165) is 37.7 Å². The fourth-order valence-electron chi connectivity index (χ4n) is 3.16. The van der Waals surface area contributed by atoms with Gasteiger partial charge in [-0.15, -0.1) is 0 Å². The molecular formula is C21H22N4O2. The second-order valence-corrected chi connectivity index (χ2v) is 6.30. The van der Waals surface area contributed by atoms with E-state index < -0.39 is 0 Å². The van der Waals surface area contributed by atoms with E-state index in [1.165, 1.54) is 5.69 Å². The first-order valence-corrected chi connectivity index (χ1v) is 9.01. The fourth-order valence-corrected chi connectivity index (χ4v) is 3.16. The molecule has 2 heterocycles. The molecule has 0 spiro atoms. The fraction of sp³-hybridized carbons (Fsp3) is 0.238. The van der Waals surface area contributed by atoms with Gasteiger partial charge in [-0.25, -0.2) is 9.97 Å². The highest BCUT2D eigenvalue weighted by Crippen LogP contribution is 2.25. The van der Waals surface area contributed by atoms with Gasteiger partial charge in [0.15, 0.2) is 0 Å². The molecule has 1 fully saturated rings. The van der Waals surface area contributed by atoms with Gasteiger partial charge in [0.25, 0.3) is 0 Å². The summed E-state index contributed by atoms with van der Waals surface area (Å²) in [7, 11) is 1.64. The Morgan fingerprint density at radius 2 is 1.44 bits per heavy atom. The third kappa shape index (κ3) is 4.11. The van der Waals surface area contributed by atoms with E-state index in [4.69, 9.17) is 9.47 Å². The molecule has 0 saturated carbocycles. The average molecular weight is 362 g/mol. The van der Waals surface area contributed by atoms with Crippen LogP contribution in [-0.2, 0) is 0 Å². The van der Waals surface area contributed by atoms with E-state index in [1.807, 2.05) is 36.4 Å². The number of hydrogen-bond donors (Lipinski definition) is 0. The minimum absolute atomic E-state index is 0.538. The largest absolute Gasteiger partial charge is 0.497 e. The van der Waals surface area contributed by atoms with Crippen LogP contribution >= 0.6 is 0 Å². The van der Waals surface area contributed by atoms with E-state index in [2.05, 4.69) is 44.0 Å². The molecule has 0 bridgehead atoms. The van der Waals surface area contributed by atoms with Gasteiger partial charge in [-0.2, -0.15) is 0 Å². The highest BCUT2D eigenvalue weighted by atomic mass is 16.5. The monoisotopic (exact) mass is 362 g/mol. The highest BCUT2D eigenvalue weighted by molar-refractivity contribution is 5.49. The zero-order chi connectivity index (χ0) is 18.5. The number of hydrogen-bond acceptors (Lipinski definition) is 6. The van der Waals surface area contributed by atoms with Crippen molar-refractivity contribution in [2.45, 2.75) is 0 Å². The molecule has 3 aromatic rings. The van der Waals surface area contributed by atoms with Gasteiger partial charge in [-0.3, -0.25) is 0 Å². The maximum absolute atomic E-state index is 5.86. The molecule has 27 heavy (non-hydrogen) atoms. The number of anilines is 2. The van der Waals surface area contributed by atoms with Crippen LogP contribution in [0, 0.1) is 0 Å². The first-order chi connectivity index (χ1) is 13.3. The zero-order valence-electron chi connectivity index (χ0n) is 15.3. The lowest BCUT2D eigenvalue weighted by molar-refractivity contribution is 0.412. The van der Waals surface area contributed by atoms with Crippen molar-refractivity contribution in [2.24, 2.45) is 0 Å². The number of benzene rings is 2. The number of ether oxygens (including phenoxy) is 2. The summed E-state index contributed by atoms with van der Waals surface area (Å²) in [5.74, 6) is 2.94. The number of methoxy groups -OCH3 is 1. The first-order valence-electron chi connectivity index (χ1n) is 9.01. The van der Waals surface area contributed by atoms with Crippen LogP contribution in [0.5, 0.6) is 17.4 Å². The van der Waals surface area contributed by atoms with Crippen molar-refractivity contribution in [1.29, 1.82) is 0 Å². The summed E-state index contributed by atoms with van der Waals surface area (Å²) in [5, 5.41) is 0. The minimum Gasteiger partial charge on any atom is -0.497 e. The Labute approximate surface area is 159 Å². The van der Waals surface area contributed by atoms with Crippen molar-refractivity contribution in [3.8, 4) is 17.4 Å². The Hall–Kier alpha value is -3.28. The topological polar surface area (TPSA) is 50.7 Å². The summed E-state index contributed by atoms with van der Waals surface area (Å²) in [5.41, 5.74) is 1.27. The average Bonchev–Trinajstić information content (AvgIpc) is 2.75. The van der Waals surface area contributed by atoms with Crippen LogP contribution in [0.25, 0.3) is 0 Å². The number of rotatable bonds is 5. The number of piperazine rings is 1. The van der Waals surface area contributed by atoms with Gasteiger partial charge in [-0.1, -0.05) is 18.2 Å². The van der Waals surface area contributed by atoms with Crippen molar-refractivity contribution in [3.05, 3.63) is 67.0 Å². The predicted octanol–water partition coefficient (Wildman–Crippen LogP) is 3.60. The molecule has 1 saturated heterocycles. The summed E-state index contributed by atoms with van der Waals surface area (Å²) >= 11 is 0. The van der Waals surface area contributed by atoms with Crippen LogP contribution in [-0.4, -0.2) is 43.3 Å². The normalized spacial score (nSPS) is 14.1. The number of para-hydroxylation sites is 1. The molecule has 0 radical (unpaired) electrons. The summed E-state index contributed by atoms with van der Waals surface area (Å²) in [6.07, 6.45) is 1.55. The lowest BCUT2D eigenvalue weighted by Gasteiger charge is -2.36. The Morgan fingerprint density at radius 1 is 0.778 bits per heavy atom. The van der Waals surface area contributed by atoms with E-state index >= 15 is 0 Å². The predicted molar refractivity (Wildman–Crippen MR) is 106 cm³/mol. The maximum Gasteiger partial charge on any atom is 0.224 e. The van der Waals surface area contributed by atoms with E-state index in [-0.39, 0.29) is 0 Å². The van der Waals surface area contributed by atoms with Gasteiger partial charge in [0.2, 0.25) is 5.88 Å². The van der Waals surface area contributed by atoms with Crippen molar-refractivity contribution in [3.63, 3.8) is 0 Å². The molecule has 0 amide bonds. The second-order valence-electron chi connectivity index (χ2n) is 6.30. The second kappa shape index (κ2) is 7.95. The Balaban J connectivity index is 1.40. The lowest BCUT2D eigenvalue weighted by Crippen LogP contribution is -2.46. The third-order valence-electron chi connectivity index (χ3n) is 4.63. The SMILES string of the molecule is COc1ccc(Oc2cc(N3CCN(c4ccccc4)CC3)ncn2)cc1. The van der Waals surface area contributed by atoms with Crippen LogP contribution in [0.4, 0.5) is 11.5 Å². The van der Waals surface area contributed by atoms with Crippen LogP contribution in [0.15, 0.2) is 67.0 Å². The van der Waals surface area contributed by atoms with E-state index in [0.29, 0.717) is 11.6 Å². The summed E-state index contributed by atoms with van der Waals surface area (Å²) in [6.45, 7) is 3.74. The van der Waals surface area contributed by atoms with Crippen molar-refractivity contribution in [1.82, 2.24) is 9.97 Å². The number of nitrogens with zero attached hydrogens (tertiary/aromatic N) is 4. The molecule has 0 aliphatic carbocycles. The van der Waals surface area contributed by atoms with Gasteiger partial charge >= 0.3 is 0 Å². The minimum atomic E-state index is 0.538. The van der Waals surface area contributed by atoms with Crippen molar-refractivity contribution >= 4 is 11.5 Å². The van der Waals surface area contributed by atoms with E-state index in [1.54, 1.807) is 13.4 Å². The standard InChI is InChI=1S/C21H22N4O2/c1-26-18-7-9-19(10-8-18)27-21-15-20(22-16-23-21)25-13-11-24(12-14-25)17-5-3-2-4-6-17/h2-10,15-16H,11-14H2,1H3. The molecule has 4 rings (SSSR count). The summed E-state index contributed by atoms with van der Waals surface area (Å²) in [6, 6.07) is 19.8. The van der Waals surface area contributed by atoms with Gasteiger partial charge in [-0.05, 0) is 36.4 Å². The maximum atomic E-state index is 5.86. The Kier molecular flexibility index (Phi) is 5.05. The molecule has 1 aliphatic rings. The molecular weight excluding hydrogens is 340 g/mol. The van der Waals surface area contributed by atoms with Crippen LogP contribution in [0.1, 0.15) is 0 Å². The molecule has 0 atom stereocenters. The Morgan fingerprint density at radius 3 is 2.15 bits per heavy atom. The van der Waals surface area contributed by atoms with Gasteiger partial charge in [0, 0.05) is 37.9 Å². The van der Waals surface area contributed by atoms with Crippen molar-refractivity contribution < 1.29 is 9.47 Å². The quantitative estimate of drug-likeness (QED) is 0.691. The van der Waals surface area contributed by atoms with Crippen LogP contribution in [0.3, 0.4) is 0 Å². The lowest BCUT2D eigenvalue weighted by atomic mass is 10.2. The summed E-state index contributed by atoms with van der Waals surface area (Å²) < 4.78 is 11.0. The molecule has 0 unspecified atom stereocenters. The first kappa shape index (κ1) is 17.1. The van der Waals surface area contributed by atoms with E-state index in [9.17, 15) is 0 Å². The molecule has 1 aromatic heterocycles. The third-order valence-corrected chi connectivity index (χ3v) is 4.63. The smallest absolute Gasteiger partial charge is 0.224 e. The number of aromatic nitrogens is 2. The molecule has 1 aliphatic heterocycles. The van der Waals surface area contributed by atoms with Gasteiger partial charge in [0.1, 0.15) is 23.6 Å². The molecule has 138 valence electrons. The molecule has 6 heteroatoms. The van der Waals surface area contributed by atoms with Crippen LogP contribution in [0.2, 0.25) is 0 Å². The van der Waals surface area contributed by atoms with Gasteiger partial charge < -0.3 is 19.3 Å².